The van der Waals surface area contributed by atoms with Gasteiger partial charge in [0.25, 0.3) is 0 Å². The van der Waals surface area contributed by atoms with Gasteiger partial charge in [-0.2, -0.15) is 0 Å². The van der Waals surface area contributed by atoms with Crippen LogP contribution in [0.15, 0.2) is 24.3 Å². The zero-order valence-electron chi connectivity index (χ0n) is 13.8. The summed E-state index contributed by atoms with van der Waals surface area (Å²) in [5.41, 5.74) is 4.47. The first kappa shape index (κ1) is 16.1. The van der Waals surface area contributed by atoms with Crippen LogP contribution in [0.5, 0.6) is 5.75 Å². The molecule has 1 aromatic rings. The van der Waals surface area contributed by atoms with Crippen LogP contribution in [-0.2, 0) is 0 Å². The van der Waals surface area contributed by atoms with Gasteiger partial charge in [-0.05, 0) is 50.7 Å². The number of hydrogen-bond acceptors (Lipinski definition) is 2. The van der Waals surface area contributed by atoms with E-state index >= 15 is 0 Å². The van der Waals surface area contributed by atoms with Crippen molar-refractivity contribution in [2.75, 3.05) is 26.7 Å². The second-order valence-electron chi connectivity index (χ2n) is 7.11. The molecule has 114 valence electrons. The van der Waals surface area contributed by atoms with Gasteiger partial charge in [-0.25, -0.2) is 0 Å². The smallest absolute Gasteiger partial charge is 0.129 e. The van der Waals surface area contributed by atoms with Gasteiger partial charge in [0.2, 0.25) is 0 Å². The van der Waals surface area contributed by atoms with Crippen molar-refractivity contribution in [3.05, 3.63) is 29.8 Å². The summed E-state index contributed by atoms with van der Waals surface area (Å²) >= 11 is 0. The van der Waals surface area contributed by atoms with Gasteiger partial charge in [0.05, 0.1) is 6.61 Å². The normalized spacial score (nSPS) is 19.7. The minimum Gasteiger partial charge on any atom is -0.493 e. The van der Waals surface area contributed by atoms with Crippen LogP contribution in [0.1, 0.15) is 18.4 Å². The first-order chi connectivity index (χ1) is 9.92. The molecule has 1 fully saturated rings. The molecule has 0 N–H and O–H groups in total. The van der Waals surface area contributed by atoms with E-state index in [0.29, 0.717) is 5.92 Å². The average molecular weight is 302 g/mol. The molecule has 1 saturated heterocycles. The van der Waals surface area contributed by atoms with Crippen molar-refractivity contribution >= 4 is 8.07 Å². The molecule has 1 aromatic carbocycles. The maximum absolute atomic E-state index is 5.93. The Kier molecular flexibility index (Phi) is 5.49. The summed E-state index contributed by atoms with van der Waals surface area (Å²) in [6.45, 7) is 9.99. The zero-order chi connectivity index (χ0) is 15.3. The molecule has 0 amide bonds. The largest absolute Gasteiger partial charge is 0.493 e. The van der Waals surface area contributed by atoms with Crippen molar-refractivity contribution in [1.82, 2.24) is 4.90 Å². The summed E-state index contributed by atoms with van der Waals surface area (Å²) in [6, 6.07) is 8.21. The van der Waals surface area contributed by atoms with Crippen molar-refractivity contribution in [1.29, 1.82) is 0 Å². The highest BCUT2D eigenvalue weighted by atomic mass is 28.3. The third-order valence-corrected chi connectivity index (χ3v) is 4.52. The Labute approximate surface area is 130 Å². The minimum atomic E-state index is -1.29. The quantitative estimate of drug-likeness (QED) is 0.624. The van der Waals surface area contributed by atoms with Crippen molar-refractivity contribution < 1.29 is 4.74 Å². The topological polar surface area (TPSA) is 12.5 Å². The molecule has 21 heavy (non-hydrogen) atoms. The Morgan fingerprint density at radius 1 is 1.24 bits per heavy atom. The lowest BCUT2D eigenvalue weighted by molar-refractivity contribution is 0.150. The van der Waals surface area contributed by atoms with Crippen LogP contribution in [0.2, 0.25) is 19.6 Å². The van der Waals surface area contributed by atoms with Gasteiger partial charge in [0.15, 0.2) is 0 Å². The molecular formula is C18H27NOSi. The van der Waals surface area contributed by atoms with E-state index < -0.39 is 8.07 Å². The van der Waals surface area contributed by atoms with Crippen LogP contribution >= 0.6 is 0 Å². The fourth-order valence-corrected chi connectivity index (χ4v) is 3.04. The predicted octanol–water partition coefficient (Wildman–Crippen LogP) is 3.64. The van der Waals surface area contributed by atoms with Gasteiger partial charge < -0.3 is 9.64 Å². The van der Waals surface area contributed by atoms with Gasteiger partial charge >= 0.3 is 0 Å². The number of nitrogens with zero attached hydrogens (tertiary/aromatic N) is 1. The first-order valence-corrected chi connectivity index (χ1v) is 11.4. The molecule has 0 aliphatic carbocycles. The van der Waals surface area contributed by atoms with E-state index in [-0.39, 0.29) is 0 Å². The van der Waals surface area contributed by atoms with Gasteiger partial charge in [0, 0.05) is 18.0 Å². The van der Waals surface area contributed by atoms with Crippen LogP contribution in [-0.4, -0.2) is 39.7 Å². The number of rotatable bonds is 3. The summed E-state index contributed by atoms with van der Waals surface area (Å²) in [7, 11) is 0.898. The molecule has 1 unspecified atom stereocenters. The van der Waals surface area contributed by atoms with E-state index in [4.69, 9.17) is 4.74 Å². The monoisotopic (exact) mass is 301 g/mol. The lowest BCUT2D eigenvalue weighted by Crippen LogP contribution is -2.34. The molecule has 1 aliphatic heterocycles. The fraction of sp³-hybridized carbons (Fsp3) is 0.556. The Morgan fingerprint density at radius 2 is 1.95 bits per heavy atom. The van der Waals surface area contributed by atoms with Gasteiger partial charge in [-0.3, -0.25) is 0 Å². The molecule has 0 bridgehead atoms. The van der Waals surface area contributed by atoms with E-state index in [9.17, 15) is 0 Å². The Hall–Kier alpha value is -1.24. The number of piperidine rings is 1. The van der Waals surface area contributed by atoms with Crippen molar-refractivity contribution in [2.24, 2.45) is 5.92 Å². The molecule has 3 heteroatoms. The lowest BCUT2D eigenvalue weighted by atomic mass is 10.00. The van der Waals surface area contributed by atoms with Crippen molar-refractivity contribution in [3.8, 4) is 17.2 Å². The third kappa shape index (κ3) is 5.95. The molecule has 1 atom stereocenters. The highest BCUT2D eigenvalue weighted by Gasteiger charge is 2.17. The number of ether oxygens (including phenoxy) is 1. The summed E-state index contributed by atoms with van der Waals surface area (Å²) < 4.78 is 5.93. The van der Waals surface area contributed by atoms with Gasteiger partial charge in [-0.1, -0.05) is 25.6 Å². The summed E-state index contributed by atoms with van der Waals surface area (Å²) in [5, 5.41) is 0. The molecule has 2 nitrogen and oxygen atoms in total. The van der Waals surface area contributed by atoms with Crippen LogP contribution < -0.4 is 4.74 Å². The van der Waals surface area contributed by atoms with Crippen LogP contribution in [0.3, 0.4) is 0 Å². The summed E-state index contributed by atoms with van der Waals surface area (Å²) in [6.07, 6.45) is 2.57. The van der Waals surface area contributed by atoms with Crippen LogP contribution in [0, 0.1) is 17.4 Å². The Bertz CT molecular complexity index is 507. The van der Waals surface area contributed by atoms with E-state index in [1.807, 2.05) is 12.1 Å². The highest BCUT2D eigenvalue weighted by molar-refractivity contribution is 6.83. The Balaban J connectivity index is 1.86. The highest BCUT2D eigenvalue weighted by Crippen LogP contribution is 2.18. The summed E-state index contributed by atoms with van der Waals surface area (Å²) in [5.74, 6) is 4.89. The molecule has 0 radical (unpaired) electrons. The van der Waals surface area contributed by atoms with E-state index in [0.717, 1.165) is 24.5 Å². The summed E-state index contributed by atoms with van der Waals surface area (Å²) in [4.78, 5) is 2.40. The molecule has 1 heterocycles. The molecule has 0 spiro atoms. The number of hydrogen-bond donors (Lipinski definition) is 0. The third-order valence-electron chi connectivity index (χ3n) is 3.64. The SMILES string of the molecule is CN1CCCC(COc2ccc(C#C[Si](C)(C)C)cc2)C1. The molecule has 0 saturated carbocycles. The minimum absolute atomic E-state index is 0.662. The van der Waals surface area contributed by atoms with Gasteiger partial charge in [-0.15, -0.1) is 5.54 Å². The number of benzene rings is 1. The second-order valence-corrected chi connectivity index (χ2v) is 11.9. The Morgan fingerprint density at radius 3 is 2.57 bits per heavy atom. The van der Waals surface area contributed by atoms with E-state index in [1.165, 1.54) is 19.4 Å². The molecule has 2 rings (SSSR count). The van der Waals surface area contributed by atoms with Gasteiger partial charge in [0.1, 0.15) is 13.8 Å². The number of likely N-dealkylation sites (tertiary alicyclic amines) is 1. The fourth-order valence-electron chi connectivity index (χ4n) is 2.52. The first-order valence-electron chi connectivity index (χ1n) is 7.87. The molecule has 0 aromatic heterocycles. The second kappa shape index (κ2) is 7.15. The van der Waals surface area contributed by atoms with Crippen LogP contribution in [0.25, 0.3) is 0 Å². The maximum Gasteiger partial charge on any atom is 0.129 e. The average Bonchev–Trinajstić information content (AvgIpc) is 2.43. The van der Waals surface area contributed by atoms with Crippen molar-refractivity contribution in [2.45, 2.75) is 32.5 Å². The maximum atomic E-state index is 5.93. The predicted molar refractivity (Wildman–Crippen MR) is 92.4 cm³/mol. The zero-order valence-corrected chi connectivity index (χ0v) is 14.8. The van der Waals surface area contributed by atoms with Crippen LogP contribution in [0.4, 0.5) is 0 Å². The standard InChI is InChI=1S/C18H27NOSi/c1-19-12-5-6-17(14-19)15-20-18-9-7-16(8-10-18)11-13-21(2,3)4/h7-10,17H,5-6,12,14-15H2,1-4H3. The molecule has 1 aliphatic rings. The van der Waals surface area contributed by atoms with E-state index in [1.54, 1.807) is 0 Å². The van der Waals surface area contributed by atoms with E-state index in [2.05, 4.69) is 55.2 Å². The molecular weight excluding hydrogens is 274 g/mol. The van der Waals surface area contributed by atoms with Crippen molar-refractivity contribution in [3.63, 3.8) is 0 Å². The lowest BCUT2D eigenvalue weighted by Gasteiger charge is -2.29.